The van der Waals surface area contributed by atoms with E-state index in [0.717, 1.165) is 24.5 Å². The summed E-state index contributed by atoms with van der Waals surface area (Å²) in [5.74, 6) is 1.51. The summed E-state index contributed by atoms with van der Waals surface area (Å²) in [5.41, 5.74) is 1.14. The van der Waals surface area contributed by atoms with E-state index < -0.39 is 0 Å². The summed E-state index contributed by atoms with van der Waals surface area (Å²) in [5, 5.41) is 3.62. The molecule has 0 aliphatic heterocycles. The van der Waals surface area contributed by atoms with E-state index in [1.807, 2.05) is 19.2 Å². The van der Waals surface area contributed by atoms with E-state index in [1.165, 1.54) is 12.8 Å². The van der Waals surface area contributed by atoms with E-state index in [0.29, 0.717) is 12.0 Å². The Kier molecular flexibility index (Phi) is 6.12. The lowest BCUT2D eigenvalue weighted by Crippen LogP contribution is -2.29. The van der Waals surface area contributed by atoms with Crippen LogP contribution >= 0.6 is 0 Å². The Morgan fingerprint density at radius 2 is 1.94 bits per heavy atom. The number of hydrogen-bond donors (Lipinski definition) is 1. The molecule has 17 heavy (non-hydrogen) atoms. The summed E-state index contributed by atoms with van der Waals surface area (Å²) in [6.07, 6.45) is 5.38. The van der Waals surface area contributed by atoms with Crippen molar-refractivity contribution >= 4 is 0 Å². The number of nitrogens with zero attached hydrogens (tertiary/aromatic N) is 2. The first-order chi connectivity index (χ1) is 8.22. The highest BCUT2D eigenvalue weighted by atomic mass is 15.0. The zero-order valence-corrected chi connectivity index (χ0v) is 11.5. The van der Waals surface area contributed by atoms with Gasteiger partial charge in [-0.1, -0.05) is 33.6 Å². The highest BCUT2D eigenvalue weighted by molar-refractivity contribution is 5.08. The molecule has 0 amide bonds. The Labute approximate surface area is 105 Å². The maximum atomic E-state index is 4.57. The van der Waals surface area contributed by atoms with E-state index in [9.17, 15) is 0 Å². The standard InChI is InChI=1S/C14H25N3/c1-5-9-16-14(12(6-2)7-3)13-8-10-15-11(4)17-13/h8,10,12,14,16H,5-7,9H2,1-4H3. The van der Waals surface area contributed by atoms with Gasteiger partial charge in [-0.3, -0.25) is 0 Å². The number of hydrogen-bond acceptors (Lipinski definition) is 3. The first-order valence-electron chi connectivity index (χ1n) is 6.75. The minimum absolute atomic E-state index is 0.367. The van der Waals surface area contributed by atoms with E-state index in [-0.39, 0.29) is 0 Å². The van der Waals surface area contributed by atoms with Crippen molar-refractivity contribution in [3.05, 3.63) is 23.8 Å². The molecule has 0 radical (unpaired) electrons. The molecule has 0 bridgehead atoms. The van der Waals surface area contributed by atoms with Gasteiger partial charge in [-0.15, -0.1) is 0 Å². The summed E-state index contributed by atoms with van der Waals surface area (Å²) >= 11 is 0. The Morgan fingerprint density at radius 3 is 2.47 bits per heavy atom. The van der Waals surface area contributed by atoms with Crippen LogP contribution < -0.4 is 5.32 Å². The molecule has 0 saturated heterocycles. The monoisotopic (exact) mass is 235 g/mol. The van der Waals surface area contributed by atoms with Gasteiger partial charge in [-0.2, -0.15) is 0 Å². The maximum absolute atomic E-state index is 4.57. The number of aromatic nitrogens is 2. The normalized spacial score (nSPS) is 13.0. The fourth-order valence-corrected chi connectivity index (χ4v) is 2.22. The zero-order chi connectivity index (χ0) is 12.7. The molecule has 0 saturated carbocycles. The molecule has 0 aromatic carbocycles. The fourth-order valence-electron chi connectivity index (χ4n) is 2.22. The molecular formula is C14H25N3. The van der Waals surface area contributed by atoms with Gasteiger partial charge in [0.25, 0.3) is 0 Å². The van der Waals surface area contributed by atoms with Crippen LogP contribution in [0.5, 0.6) is 0 Å². The van der Waals surface area contributed by atoms with Crippen molar-refractivity contribution in [1.29, 1.82) is 0 Å². The van der Waals surface area contributed by atoms with Crippen LogP contribution in [0.15, 0.2) is 12.3 Å². The highest BCUT2D eigenvalue weighted by Crippen LogP contribution is 2.25. The zero-order valence-electron chi connectivity index (χ0n) is 11.5. The van der Waals surface area contributed by atoms with Gasteiger partial charge in [-0.05, 0) is 31.9 Å². The minimum Gasteiger partial charge on any atom is -0.308 e. The number of aryl methyl sites for hydroxylation is 1. The second-order valence-electron chi connectivity index (χ2n) is 4.54. The highest BCUT2D eigenvalue weighted by Gasteiger charge is 2.20. The van der Waals surface area contributed by atoms with E-state index in [2.05, 4.69) is 36.1 Å². The molecule has 0 spiro atoms. The van der Waals surface area contributed by atoms with Crippen molar-refractivity contribution in [3.8, 4) is 0 Å². The van der Waals surface area contributed by atoms with Crippen LogP contribution in [0.3, 0.4) is 0 Å². The van der Waals surface area contributed by atoms with E-state index in [4.69, 9.17) is 0 Å². The second kappa shape index (κ2) is 7.38. The first-order valence-corrected chi connectivity index (χ1v) is 6.75. The lowest BCUT2D eigenvalue weighted by atomic mass is 9.91. The molecule has 1 rings (SSSR count). The molecule has 1 aromatic rings. The third-order valence-corrected chi connectivity index (χ3v) is 3.25. The third-order valence-electron chi connectivity index (χ3n) is 3.25. The van der Waals surface area contributed by atoms with Crippen molar-refractivity contribution < 1.29 is 0 Å². The quantitative estimate of drug-likeness (QED) is 0.788. The van der Waals surface area contributed by atoms with Crippen LogP contribution in [-0.4, -0.2) is 16.5 Å². The largest absolute Gasteiger partial charge is 0.308 e. The van der Waals surface area contributed by atoms with Crippen LogP contribution in [0.1, 0.15) is 57.6 Å². The average Bonchev–Trinajstić information content (AvgIpc) is 2.34. The SMILES string of the molecule is CCCNC(c1ccnc(C)n1)C(CC)CC. The number of nitrogens with one attached hydrogen (secondary N) is 1. The van der Waals surface area contributed by atoms with Crippen molar-refractivity contribution in [3.63, 3.8) is 0 Å². The van der Waals surface area contributed by atoms with Crippen molar-refractivity contribution in [2.45, 2.75) is 53.0 Å². The fraction of sp³-hybridized carbons (Fsp3) is 0.714. The molecule has 1 unspecified atom stereocenters. The summed E-state index contributed by atoms with van der Waals surface area (Å²) in [4.78, 5) is 8.74. The van der Waals surface area contributed by atoms with Gasteiger partial charge in [-0.25, -0.2) is 9.97 Å². The Bertz CT molecular complexity index is 321. The molecule has 0 aliphatic carbocycles. The van der Waals surface area contributed by atoms with Crippen LogP contribution in [0.25, 0.3) is 0 Å². The van der Waals surface area contributed by atoms with E-state index >= 15 is 0 Å². The molecule has 0 aliphatic rings. The molecule has 1 N–H and O–H groups in total. The molecular weight excluding hydrogens is 210 g/mol. The lowest BCUT2D eigenvalue weighted by molar-refractivity contribution is 0.335. The van der Waals surface area contributed by atoms with Gasteiger partial charge < -0.3 is 5.32 Å². The molecule has 3 heteroatoms. The second-order valence-corrected chi connectivity index (χ2v) is 4.54. The topological polar surface area (TPSA) is 37.8 Å². The van der Waals surface area contributed by atoms with Crippen LogP contribution in [0, 0.1) is 12.8 Å². The predicted octanol–water partition coefficient (Wildman–Crippen LogP) is 3.26. The molecule has 3 nitrogen and oxygen atoms in total. The molecule has 1 atom stereocenters. The van der Waals surface area contributed by atoms with Crippen molar-refractivity contribution in [2.75, 3.05) is 6.54 Å². The van der Waals surface area contributed by atoms with Gasteiger partial charge in [0.15, 0.2) is 0 Å². The van der Waals surface area contributed by atoms with Crippen molar-refractivity contribution in [1.82, 2.24) is 15.3 Å². The Morgan fingerprint density at radius 1 is 1.24 bits per heavy atom. The van der Waals surface area contributed by atoms with E-state index in [1.54, 1.807) is 0 Å². The summed E-state index contributed by atoms with van der Waals surface area (Å²) < 4.78 is 0. The van der Waals surface area contributed by atoms with Gasteiger partial charge in [0, 0.05) is 6.20 Å². The molecule has 96 valence electrons. The Hall–Kier alpha value is -0.960. The minimum atomic E-state index is 0.367. The van der Waals surface area contributed by atoms with Crippen LogP contribution in [0.2, 0.25) is 0 Å². The summed E-state index contributed by atoms with van der Waals surface area (Å²) in [7, 11) is 0. The Balaban J connectivity index is 2.88. The van der Waals surface area contributed by atoms with Crippen LogP contribution in [-0.2, 0) is 0 Å². The summed E-state index contributed by atoms with van der Waals surface area (Å²) in [6, 6.07) is 2.41. The average molecular weight is 235 g/mol. The number of rotatable bonds is 7. The maximum Gasteiger partial charge on any atom is 0.125 e. The van der Waals surface area contributed by atoms with Crippen LogP contribution in [0.4, 0.5) is 0 Å². The molecule has 1 heterocycles. The van der Waals surface area contributed by atoms with Gasteiger partial charge in [0.1, 0.15) is 5.82 Å². The molecule has 1 aromatic heterocycles. The summed E-state index contributed by atoms with van der Waals surface area (Å²) in [6.45, 7) is 9.70. The predicted molar refractivity (Wildman–Crippen MR) is 71.9 cm³/mol. The van der Waals surface area contributed by atoms with Gasteiger partial charge in [0.05, 0.1) is 11.7 Å². The third kappa shape index (κ3) is 4.08. The first kappa shape index (κ1) is 14.1. The van der Waals surface area contributed by atoms with Gasteiger partial charge >= 0.3 is 0 Å². The van der Waals surface area contributed by atoms with Gasteiger partial charge in [0.2, 0.25) is 0 Å². The molecule has 0 fully saturated rings. The smallest absolute Gasteiger partial charge is 0.125 e. The lowest BCUT2D eigenvalue weighted by Gasteiger charge is -2.26. The van der Waals surface area contributed by atoms with Crippen molar-refractivity contribution in [2.24, 2.45) is 5.92 Å².